The van der Waals surface area contributed by atoms with E-state index in [1.807, 2.05) is 6.07 Å². The SMILES string of the molecule is CC(C#N)NC(=O)c1cc(Cl)cc(Br)c1. The number of nitriles is 1. The lowest BCUT2D eigenvalue weighted by Gasteiger charge is -2.06. The van der Waals surface area contributed by atoms with Gasteiger partial charge < -0.3 is 5.32 Å². The van der Waals surface area contributed by atoms with Crippen molar-refractivity contribution in [2.24, 2.45) is 0 Å². The van der Waals surface area contributed by atoms with E-state index in [9.17, 15) is 4.79 Å². The summed E-state index contributed by atoms with van der Waals surface area (Å²) in [6.45, 7) is 1.61. The third-order valence-electron chi connectivity index (χ3n) is 1.67. The highest BCUT2D eigenvalue weighted by atomic mass is 79.9. The highest BCUT2D eigenvalue weighted by molar-refractivity contribution is 9.10. The van der Waals surface area contributed by atoms with Gasteiger partial charge in [-0.3, -0.25) is 4.79 Å². The van der Waals surface area contributed by atoms with Crippen LogP contribution in [-0.2, 0) is 0 Å². The molecule has 0 aromatic heterocycles. The molecule has 0 saturated carbocycles. The smallest absolute Gasteiger partial charge is 0.252 e. The van der Waals surface area contributed by atoms with Crippen molar-refractivity contribution in [2.75, 3.05) is 0 Å². The lowest BCUT2D eigenvalue weighted by Crippen LogP contribution is -2.31. The van der Waals surface area contributed by atoms with Crippen molar-refractivity contribution in [3.05, 3.63) is 33.3 Å². The predicted molar refractivity (Wildman–Crippen MR) is 61.7 cm³/mol. The second-order valence-corrected chi connectivity index (χ2v) is 4.33. The molecule has 0 saturated heterocycles. The average molecular weight is 288 g/mol. The molecule has 0 aliphatic heterocycles. The highest BCUT2D eigenvalue weighted by Crippen LogP contribution is 2.19. The molecule has 0 heterocycles. The summed E-state index contributed by atoms with van der Waals surface area (Å²) in [5, 5.41) is 11.5. The van der Waals surface area contributed by atoms with E-state index < -0.39 is 6.04 Å². The van der Waals surface area contributed by atoms with Crippen LogP contribution in [-0.4, -0.2) is 11.9 Å². The number of amides is 1. The minimum atomic E-state index is -0.518. The van der Waals surface area contributed by atoms with E-state index in [0.29, 0.717) is 10.6 Å². The van der Waals surface area contributed by atoms with E-state index >= 15 is 0 Å². The lowest BCUT2D eigenvalue weighted by molar-refractivity contribution is 0.0948. The second-order valence-electron chi connectivity index (χ2n) is 2.98. The minimum absolute atomic E-state index is 0.313. The van der Waals surface area contributed by atoms with Gasteiger partial charge in [0.15, 0.2) is 0 Å². The van der Waals surface area contributed by atoms with Gasteiger partial charge in [0.1, 0.15) is 6.04 Å². The molecule has 5 heteroatoms. The summed E-state index contributed by atoms with van der Waals surface area (Å²) in [6.07, 6.45) is 0. The highest BCUT2D eigenvalue weighted by Gasteiger charge is 2.10. The third kappa shape index (κ3) is 3.54. The molecule has 0 spiro atoms. The Hall–Kier alpha value is -1.05. The van der Waals surface area contributed by atoms with Crippen LogP contribution in [0.2, 0.25) is 5.02 Å². The van der Waals surface area contributed by atoms with Crippen LogP contribution in [0.1, 0.15) is 17.3 Å². The van der Waals surface area contributed by atoms with Gasteiger partial charge in [-0.1, -0.05) is 27.5 Å². The van der Waals surface area contributed by atoms with Gasteiger partial charge in [0.05, 0.1) is 6.07 Å². The fourth-order valence-electron chi connectivity index (χ4n) is 0.997. The lowest BCUT2D eigenvalue weighted by atomic mass is 10.2. The zero-order valence-corrected chi connectivity index (χ0v) is 10.3. The zero-order valence-electron chi connectivity index (χ0n) is 7.92. The first-order valence-corrected chi connectivity index (χ1v) is 5.36. The van der Waals surface area contributed by atoms with E-state index in [1.54, 1.807) is 25.1 Å². The maximum Gasteiger partial charge on any atom is 0.252 e. The largest absolute Gasteiger partial charge is 0.337 e. The Morgan fingerprint density at radius 3 is 2.80 bits per heavy atom. The van der Waals surface area contributed by atoms with Gasteiger partial charge in [0.25, 0.3) is 5.91 Å². The zero-order chi connectivity index (χ0) is 11.4. The van der Waals surface area contributed by atoms with E-state index in [0.717, 1.165) is 4.47 Å². The molecule has 1 N–H and O–H groups in total. The van der Waals surface area contributed by atoms with Crippen LogP contribution < -0.4 is 5.32 Å². The Kier molecular flexibility index (Phi) is 4.13. The normalized spacial score (nSPS) is 11.6. The van der Waals surface area contributed by atoms with Crippen LogP contribution in [0.5, 0.6) is 0 Å². The summed E-state index contributed by atoms with van der Waals surface area (Å²) in [5.74, 6) is -0.313. The van der Waals surface area contributed by atoms with Crippen molar-refractivity contribution in [3.63, 3.8) is 0 Å². The van der Waals surface area contributed by atoms with Crippen molar-refractivity contribution < 1.29 is 4.79 Å². The van der Waals surface area contributed by atoms with Crippen molar-refractivity contribution in [1.29, 1.82) is 5.26 Å². The fraction of sp³-hybridized carbons (Fsp3) is 0.200. The first-order chi connectivity index (χ1) is 7.02. The molecule has 0 bridgehead atoms. The fourth-order valence-corrected chi connectivity index (χ4v) is 1.86. The van der Waals surface area contributed by atoms with Crippen LogP contribution in [0.15, 0.2) is 22.7 Å². The number of nitrogens with one attached hydrogen (secondary N) is 1. The Bertz CT molecular complexity index is 408. The van der Waals surface area contributed by atoms with Gasteiger partial charge in [0, 0.05) is 15.1 Å². The molecule has 1 atom stereocenters. The standard InChI is InChI=1S/C10H8BrClN2O/c1-6(5-13)14-10(15)7-2-8(11)4-9(12)3-7/h2-4,6H,1H3,(H,14,15). The van der Waals surface area contributed by atoms with E-state index in [4.69, 9.17) is 16.9 Å². The molecular formula is C10H8BrClN2O. The van der Waals surface area contributed by atoms with Gasteiger partial charge in [-0.2, -0.15) is 5.26 Å². The molecule has 1 aromatic rings. The summed E-state index contributed by atoms with van der Waals surface area (Å²) < 4.78 is 0.727. The van der Waals surface area contributed by atoms with Gasteiger partial charge >= 0.3 is 0 Å². The van der Waals surface area contributed by atoms with Crippen molar-refractivity contribution >= 4 is 33.4 Å². The number of carbonyl (C=O) groups is 1. The van der Waals surface area contributed by atoms with Crippen LogP contribution in [0, 0.1) is 11.3 Å². The second kappa shape index (κ2) is 5.15. The maximum absolute atomic E-state index is 11.6. The number of carbonyl (C=O) groups excluding carboxylic acids is 1. The molecule has 0 aliphatic rings. The van der Waals surface area contributed by atoms with Crippen molar-refractivity contribution in [1.82, 2.24) is 5.32 Å². The molecule has 3 nitrogen and oxygen atoms in total. The van der Waals surface area contributed by atoms with Gasteiger partial charge in [-0.05, 0) is 25.1 Å². The van der Waals surface area contributed by atoms with Crippen LogP contribution >= 0.6 is 27.5 Å². The Balaban J connectivity index is 2.88. The molecule has 0 fully saturated rings. The Labute approximate surface area is 101 Å². The minimum Gasteiger partial charge on any atom is -0.337 e. The first kappa shape index (κ1) is 12.0. The molecule has 1 unspecified atom stereocenters. The Morgan fingerprint density at radius 1 is 1.60 bits per heavy atom. The third-order valence-corrected chi connectivity index (χ3v) is 2.34. The number of hydrogen-bond acceptors (Lipinski definition) is 2. The van der Waals surface area contributed by atoms with E-state index in [1.165, 1.54) is 0 Å². The molecule has 1 aromatic carbocycles. The Morgan fingerprint density at radius 2 is 2.27 bits per heavy atom. The molecule has 15 heavy (non-hydrogen) atoms. The van der Waals surface area contributed by atoms with E-state index in [2.05, 4.69) is 21.2 Å². The maximum atomic E-state index is 11.6. The molecule has 0 aliphatic carbocycles. The topological polar surface area (TPSA) is 52.9 Å². The first-order valence-electron chi connectivity index (χ1n) is 4.19. The predicted octanol–water partition coefficient (Wildman–Crippen LogP) is 2.74. The van der Waals surface area contributed by atoms with Gasteiger partial charge in [0.2, 0.25) is 0 Å². The summed E-state index contributed by atoms with van der Waals surface area (Å²) in [4.78, 5) is 11.6. The quantitative estimate of drug-likeness (QED) is 0.909. The number of halogens is 2. The molecular weight excluding hydrogens is 279 g/mol. The average Bonchev–Trinajstić information content (AvgIpc) is 2.16. The number of nitrogens with zero attached hydrogens (tertiary/aromatic N) is 1. The van der Waals surface area contributed by atoms with Crippen LogP contribution in [0.4, 0.5) is 0 Å². The summed E-state index contributed by atoms with van der Waals surface area (Å²) in [6, 6.07) is 6.28. The number of benzene rings is 1. The van der Waals surface area contributed by atoms with Crippen molar-refractivity contribution in [3.8, 4) is 6.07 Å². The summed E-state index contributed by atoms with van der Waals surface area (Å²) in [5.41, 5.74) is 0.427. The molecule has 0 radical (unpaired) electrons. The van der Waals surface area contributed by atoms with Crippen LogP contribution in [0.3, 0.4) is 0 Å². The number of hydrogen-bond donors (Lipinski definition) is 1. The summed E-state index contributed by atoms with van der Waals surface area (Å²) >= 11 is 9.02. The number of rotatable bonds is 2. The molecule has 1 amide bonds. The summed E-state index contributed by atoms with van der Waals surface area (Å²) in [7, 11) is 0. The van der Waals surface area contributed by atoms with Gasteiger partial charge in [-0.25, -0.2) is 0 Å². The molecule has 78 valence electrons. The van der Waals surface area contributed by atoms with Crippen molar-refractivity contribution in [2.45, 2.75) is 13.0 Å². The van der Waals surface area contributed by atoms with E-state index in [-0.39, 0.29) is 5.91 Å². The molecule has 1 rings (SSSR count). The van der Waals surface area contributed by atoms with Gasteiger partial charge in [-0.15, -0.1) is 0 Å². The monoisotopic (exact) mass is 286 g/mol. The van der Waals surface area contributed by atoms with Crippen LogP contribution in [0.25, 0.3) is 0 Å².